The van der Waals surface area contributed by atoms with E-state index in [2.05, 4.69) is 0 Å². The van der Waals surface area contributed by atoms with Crippen LogP contribution in [0.15, 0.2) is 42.5 Å². The van der Waals surface area contributed by atoms with Gasteiger partial charge in [0.15, 0.2) is 11.5 Å². The zero-order valence-electron chi connectivity index (χ0n) is 18.4. The maximum absolute atomic E-state index is 6.26. The lowest BCUT2D eigenvalue weighted by molar-refractivity contribution is 0.00578. The van der Waals surface area contributed by atoms with Crippen LogP contribution in [0.1, 0.15) is 47.1 Å². The first-order valence-corrected chi connectivity index (χ1v) is 10.0. The summed E-state index contributed by atoms with van der Waals surface area (Å²) >= 11 is 0. The van der Waals surface area contributed by atoms with Gasteiger partial charge in [-0.2, -0.15) is 0 Å². The number of ether oxygens (including phenoxy) is 3. The molecule has 0 aliphatic carbocycles. The first-order chi connectivity index (χ1) is 13.6. The Morgan fingerprint density at radius 1 is 0.897 bits per heavy atom. The van der Waals surface area contributed by atoms with Gasteiger partial charge in [-0.1, -0.05) is 30.3 Å². The molecule has 2 aromatic carbocycles. The fraction of sp³-hybridized carbons (Fsp3) is 0.478. The SMILES string of the molecule is COc1cc(B2OC(C)(C)C(C)(C)O2)c(OCc2ccccc2)cc1OC(C)C. The summed E-state index contributed by atoms with van der Waals surface area (Å²) in [7, 11) is 1.06. The number of benzene rings is 2. The highest BCUT2D eigenvalue weighted by atomic mass is 16.7. The van der Waals surface area contributed by atoms with Crippen LogP contribution in [0.25, 0.3) is 0 Å². The van der Waals surface area contributed by atoms with Gasteiger partial charge in [0.2, 0.25) is 0 Å². The van der Waals surface area contributed by atoms with E-state index in [1.54, 1.807) is 7.11 Å². The Hall–Kier alpha value is -2.18. The van der Waals surface area contributed by atoms with Gasteiger partial charge in [-0.15, -0.1) is 0 Å². The largest absolute Gasteiger partial charge is 0.498 e. The van der Waals surface area contributed by atoms with Crippen LogP contribution in [0, 0.1) is 0 Å². The molecule has 2 aromatic rings. The highest BCUT2D eigenvalue weighted by Crippen LogP contribution is 2.39. The summed E-state index contributed by atoms with van der Waals surface area (Å²) in [6, 6.07) is 13.8. The second-order valence-corrected chi connectivity index (χ2v) is 8.57. The van der Waals surface area contributed by atoms with Crippen LogP contribution in [0.5, 0.6) is 17.2 Å². The van der Waals surface area contributed by atoms with Crippen LogP contribution in [-0.2, 0) is 15.9 Å². The van der Waals surface area contributed by atoms with Crippen molar-refractivity contribution < 1.29 is 23.5 Å². The Morgan fingerprint density at radius 3 is 2.07 bits per heavy atom. The average Bonchev–Trinajstić information content (AvgIpc) is 2.87. The van der Waals surface area contributed by atoms with Gasteiger partial charge in [0.1, 0.15) is 12.4 Å². The van der Waals surface area contributed by atoms with Gasteiger partial charge in [0.25, 0.3) is 0 Å². The summed E-state index contributed by atoms with van der Waals surface area (Å²) in [5.41, 5.74) is 0.964. The standard InChI is InChI=1S/C23H31BO5/c1-16(2)27-21-14-19(26-15-17-11-9-8-10-12-17)18(13-20(21)25-7)24-28-22(3,4)23(5,6)29-24/h8-14,16H,15H2,1-7H3. The molecular weight excluding hydrogens is 367 g/mol. The van der Waals surface area contributed by atoms with Crippen LogP contribution in [0.2, 0.25) is 0 Å². The third-order valence-electron chi connectivity index (χ3n) is 5.40. The minimum absolute atomic E-state index is 0.00794. The van der Waals surface area contributed by atoms with E-state index in [-0.39, 0.29) is 6.10 Å². The van der Waals surface area contributed by atoms with E-state index in [4.69, 9.17) is 23.5 Å². The topological polar surface area (TPSA) is 46.2 Å². The van der Waals surface area contributed by atoms with Gasteiger partial charge in [-0.25, -0.2) is 0 Å². The Morgan fingerprint density at radius 2 is 1.52 bits per heavy atom. The summed E-state index contributed by atoms with van der Waals surface area (Å²) in [4.78, 5) is 0. The van der Waals surface area contributed by atoms with Gasteiger partial charge in [-0.3, -0.25) is 0 Å². The molecule has 0 spiro atoms. The molecule has 0 radical (unpaired) electrons. The first-order valence-electron chi connectivity index (χ1n) is 10.0. The highest BCUT2D eigenvalue weighted by Gasteiger charge is 2.52. The second kappa shape index (κ2) is 8.29. The lowest BCUT2D eigenvalue weighted by atomic mass is 9.78. The predicted molar refractivity (Wildman–Crippen MR) is 115 cm³/mol. The molecule has 0 bridgehead atoms. The van der Waals surface area contributed by atoms with Crippen LogP contribution in [0.3, 0.4) is 0 Å². The molecule has 1 aliphatic heterocycles. The lowest BCUT2D eigenvalue weighted by Gasteiger charge is -2.32. The molecule has 1 heterocycles. The quantitative estimate of drug-likeness (QED) is 0.649. The zero-order chi connectivity index (χ0) is 21.2. The molecule has 1 aliphatic rings. The Balaban J connectivity index is 1.98. The third kappa shape index (κ3) is 4.70. The molecule has 0 saturated carbocycles. The molecule has 6 heteroatoms. The van der Waals surface area contributed by atoms with Gasteiger partial charge in [0.05, 0.1) is 24.4 Å². The van der Waals surface area contributed by atoms with Crippen LogP contribution in [0.4, 0.5) is 0 Å². The lowest BCUT2D eigenvalue weighted by Crippen LogP contribution is -2.41. The van der Waals surface area contributed by atoms with Gasteiger partial charge in [-0.05, 0) is 53.2 Å². The number of rotatable bonds is 7. The van der Waals surface area contributed by atoms with Crippen LogP contribution < -0.4 is 19.7 Å². The molecule has 29 heavy (non-hydrogen) atoms. The average molecular weight is 398 g/mol. The van der Waals surface area contributed by atoms with Crippen molar-refractivity contribution in [2.24, 2.45) is 0 Å². The number of hydrogen-bond acceptors (Lipinski definition) is 5. The molecular formula is C23H31BO5. The molecule has 0 aromatic heterocycles. The van der Waals surface area contributed by atoms with Crippen LogP contribution >= 0.6 is 0 Å². The molecule has 3 rings (SSSR count). The molecule has 0 amide bonds. The predicted octanol–water partition coefficient (Wildman–Crippen LogP) is 4.36. The monoisotopic (exact) mass is 398 g/mol. The van der Waals surface area contributed by atoms with Crippen LogP contribution in [-0.4, -0.2) is 31.5 Å². The van der Waals surface area contributed by atoms with E-state index in [0.717, 1.165) is 11.0 Å². The van der Waals surface area contributed by atoms with Crippen molar-refractivity contribution in [1.29, 1.82) is 0 Å². The smallest absolute Gasteiger partial charge is 0.493 e. The summed E-state index contributed by atoms with van der Waals surface area (Å²) < 4.78 is 30.2. The van der Waals surface area contributed by atoms with Crippen molar-refractivity contribution in [3.8, 4) is 17.2 Å². The Kier molecular flexibility index (Phi) is 6.15. The van der Waals surface area contributed by atoms with Crippen molar-refractivity contribution in [3.63, 3.8) is 0 Å². The van der Waals surface area contributed by atoms with E-state index in [1.165, 1.54) is 0 Å². The molecule has 1 fully saturated rings. The summed E-state index contributed by atoms with van der Waals surface area (Å²) in [5.74, 6) is 1.91. The third-order valence-corrected chi connectivity index (χ3v) is 5.40. The van der Waals surface area contributed by atoms with E-state index >= 15 is 0 Å². The minimum atomic E-state index is -0.562. The second-order valence-electron chi connectivity index (χ2n) is 8.57. The van der Waals surface area contributed by atoms with E-state index in [1.807, 2.05) is 84.0 Å². The molecule has 0 atom stereocenters. The van der Waals surface area contributed by atoms with E-state index < -0.39 is 18.3 Å². The maximum Gasteiger partial charge on any atom is 0.498 e. The molecule has 0 unspecified atom stereocenters. The summed E-state index contributed by atoms with van der Waals surface area (Å²) in [6.07, 6.45) is 0.00794. The van der Waals surface area contributed by atoms with Crippen molar-refractivity contribution in [3.05, 3.63) is 48.0 Å². The molecule has 5 nitrogen and oxygen atoms in total. The number of methoxy groups -OCH3 is 1. The van der Waals surface area contributed by atoms with E-state index in [0.29, 0.717) is 23.9 Å². The number of hydrogen-bond donors (Lipinski definition) is 0. The van der Waals surface area contributed by atoms with Crippen molar-refractivity contribution in [2.75, 3.05) is 7.11 Å². The van der Waals surface area contributed by atoms with E-state index in [9.17, 15) is 0 Å². The Labute approximate surface area is 174 Å². The van der Waals surface area contributed by atoms with Crippen molar-refractivity contribution >= 4 is 12.6 Å². The minimum Gasteiger partial charge on any atom is -0.493 e. The normalized spacial score (nSPS) is 17.4. The molecule has 156 valence electrons. The fourth-order valence-electron chi connectivity index (χ4n) is 3.08. The fourth-order valence-corrected chi connectivity index (χ4v) is 3.08. The first kappa shape index (κ1) is 21.5. The van der Waals surface area contributed by atoms with Crippen molar-refractivity contribution in [2.45, 2.75) is 65.5 Å². The Bertz CT molecular complexity index is 817. The molecule has 0 N–H and O–H groups in total. The molecule has 1 saturated heterocycles. The van der Waals surface area contributed by atoms with Gasteiger partial charge in [0, 0.05) is 11.5 Å². The maximum atomic E-state index is 6.26. The summed E-state index contributed by atoms with van der Waals surface area (Å²) in [6.45, 7) is 12.5. The van der Waals surface area contributed by atoms with Gasteiger partial charge < -0.3 is 23.5 Å². The summed E-state index contributed by atoms with van der Waals surface area (Å²) in [5, 5.41) is 0. The zero-order valence-corrected chi connectivity index (χ0v) is 18.4. The van der Waals surface area contributed by atoms with Crippen molar-refractivity contribution in [1.82, 2.24) is 0 Å². The highest BCUT2D eigenvalue weighted by molar-refractivity contribution is 6.63. The van der Waals surface area contributed by atoms with Gasteiger partial charge >= 0.3 is 7.12 Å².